The molecule has 1 atom stereocenters. The molecule has 2 N–H and O–H groups in total. The van der Waals surface area contributed by atoms with Gasteiger partial charge in [-0.3, -0.25) is 9.59 Å². The third kappa shape index (κ3) is 4.37. The number of nitrogens with two attached hydrogens (primary N) is 1. The number of halogens is 2. The smallest absolute Gasteiger partial charge is 0.290 e. The zero-order valence-corrected chi connectivity index (χ0v) is 13.4. The molecule has 0 aliphatic rings. The fraction of sp³-hybridized carbons (Fsp3) is 0.600. The molecule has 0 bridgehead atoms. The lowest BCUT2D eigenvalue weighted by atomic mass is 10.0. The second kappa shape index (κ2) is 7.49. The molecule has 7 heteroatoms. The van der Waals surface area contributed by atoms with Gasteiger partial charge in [0.15, 0.2) is 5.82 Å². The van der Waals surface area contributed by atoms with Crippen LogP contribution in [0.1, 0.15) is 31.9 Å². The largest absolute Gasteiger partial charge is 0.368 e. The van der Waals surface area contributed by atoms with Gasteiger partial charge in [0.2, 0.25) is 11.7 Å². The van der Waals surface area contributed by atoms with Gasteiger partial charge in [-0.15, -0.1) is 0 Å². The van der Waals surface area contributed by atoms with Crippen molar-refractivity contribution in [3.8, 4) is 0 Å². The Morgan fingerprint density at radius 2 is 1.91 bits per heavy atom. The third-order valence-electron chi connectivity index (χ3n) is 3.38. The predicted molar refractivity (Wildman–Crippen MR) is 80.6 cm³/mol. The van der Waals surface area contributed by atoms with Gasteiger partial charge in [-0.25, -0.2) is 4.39 Å². The maximum Gasteiger partial charge on any atom is 0.290 e. The van der Waals surface area contributed by atoms with Crippen LogP contribution in [-0.4, -0.2) is 36.0 Å². The molecule has 0 aliphatic heterocycles. The second-order valence-electron chi connectivity index (χ2n) is 6.10. The number of hydrogen-bond acceptors (Lipinski definition) is 3. The van der Waals surface area contributed by atoms with Crippen molar-refractivity contribution in [1.29, 1.82) is 0 Å². The predicted octanol–water partition coefficient (Wildman–Crippen LogP) is 1.30. The van der Waals surface area contributed by atoms with Crippen LogP contribution in [0.2, 0.25) is 0 Å². The fourth-order valence-corrected chi connectivity index (χ4v) is 2.19. The first-order valence-corrected chi connectivity index (χ1v) is 7.18. The van der Waals surface area contributed by atoms with Gasteiger partial charge in [-0.05, 0) is 32.9 Å². The summed E-state index contributed by atoms with van der Waals surface area (Å²) < 4.78 is 28.7. The van der Waals surface area contributed by atoms with Crippen LogP contribution >= 0.6 is 0 Å². The molecular formula is C15H23F2N3O2. The molecule has 124 valence electrons. The summed E-state index contributed by atoms with van der Waals surface area (Å²) in [4.78, 5) is 25.3. The molecular weight excluding hydrogens is 292 g/mol. The number of primary amides is 1. The van der Waals surface area contributed by atoms with Crippen molar-refractivity contribution in [2.24, 2.45) is 11.7 Å². The number of carbonyl (C=O) groups is 1. The topological polar surface area (TPSA) is 68.3 Å². The Kier molecular flexibility index (Phi) is 6.22. The highest BCUT2D eigenvalue weighted by Gasteiger charge is 2.24. The van der Waals surface area contributed by atoms with Crippen molar-refractivity contribution in [3.05, 3.63) is 33.7 Å². The van der Waals surface area contributed by atoms with E-state index in [9.17, 15) is 18.4 Å². The number of aromatic nitrogens is 1. The Morgan fingerprint density at radius 3 is 2.36 bits per heavy atom. The van der Waals surface area contributed by atoms with E-state index in [1.807, 2.05) is 18.7 Å². The lowest BCUT2D eigenvalue weighted by Crippen LogP contribution is -2.37. The van der Waals surface area contributed by atoms with Crippen LogP contribution in [0.3, 0.4) is 0 Å². The monoisotopic (exact) mass is 315 g/mol. The van der Waals surface area contributed by atoms with E-state index in [2.05, 4.69) is 0 Å². The van der Waals surface area contributed by atoms with Gasteiger partial charge in [0.1, 0.15) is 6.04 Å². The standard InChI is InChI=1S/C15H23F2N3O2/c1-9(2)7-11(14(18)21)20-8-10(5-6-19(3)4)12(16)13(17)15(20)22/h8-9,11H,5-7H2,1-4H3,(H2,18,21). The number of amides is 1. The van der Waals surface area contributed by atoms with Gasteiger partial charge in [-0.2, -0.15) is 4.39 Å². The highest BCUT2D eigenvalue weighted by atomic mass is 19.2. The molecule has 0 radical (unpaired) electrons. The lowest BCUT2D eigenvalue weighted by Gasteiger charge is -2.20. The quantitative estimate of drug-likeness (QED) is 0.825. The average Bonchev–Trinajstić information content (AvgIpc) is 2.41. The fourth-order valence-electron chi connectivity index (χ4n) is 2.19. The molecule has 1 unspecified atom stereocenters. The Labute approximate surface area is 128 Å². The van der Waals surface area contributed by atoms with Crippen molar-refractivity contribution in [1.82, 2.24) is 9.47 Å². The lowest BCUT2D eigenvalue weighted by molar-refractivity contribution is -0.121. The number of hydrogen-bond donors (Lipinski definition) is 1. The van der Waals surface area contributed by atoms with Crippen LogP contribution < -0.4 is 11.3 Å². The molecule has 0 saturated carbocycles. The first-order chi connectivity index (χ1) is 10.1. The van der Waals surface area contributed by atoms with Crippen molar-refractivity contribution in [2.45, 2.75) is 32.7 Å². The second-order valence-corrected chi connectivity index (χ2v) is 6.10. The normalized spacial score (nSPS) is 12.9. The van der Waals surface area contributed by atoms with Gasteiger partial charge in [0.25, 0.3) is 5.56 Å². The Morgan fingerprint density at radius 1 is 1.32 bits per heavy atom. The molecule has 0 aliphatic carbocycles. The summed E-state index contributed by atoms with van der Waals surface area (Å²) in [5, 5.41) is 0. The van der Waals surface area contributed by atoms with Crippen molar-refractivity contribution in [3.63, 3.8) is 0 Å². The summed E-state index contributed by atoms with van der Waals surface area (Å²) in [5.41, 5.74) is 4.22. The molecule has 0 saturated heterocycles. The van der Waals surface area contributed by atoms with Crippen molar-refractivity contribution < 1.29 is 13.6 Å². The minimum Gasteiger partial charge on any atom is -0.368 e. The molecule has 1 aromatic heterocycles. The SMILES string of the molecule is CC(C)CC(C(N)=O)n1cc(CCN(C)C)c(F)c(F)c1=O. The van der Waals surface area contributed by atoms with Crippen LogP contribution in [0.25, 0.3) is 0 Å². The van der Waals surface area contributed by atoms with E-state index >= 15 is 0 Å². The van der Waals surface area contributed by atoms with E-state index < -0.39 is 29.1 Å². The molecule has 1 amide bonds. The van der Waals surface area contributed by atoms with Crippen LogP contribution in [0.5, 0.6) is 0 Å². The maximum atomic E-state index is 13.9. The Bertz CT molecular complexity index is 597. The number of likely N-dealkylation sites (N-methyl/N-ethyl adjacent to an activating group) is 1. The number of pyridine rings is 1. The minimum absolute atomic E-state index is 0.0563. The van der Waals surface area contributed by atoms with Crippen LogP contribution in [-0.2, 0) is 11.2 Å². The molecule has 0 spiro atoms. The maximum absolute atomic E-state index is 13.9. The number of carbonyl (C=O) groups excluding carboxylic acids is 1. The Hall–Kier alpha value is -1.76. The summed E-state index contributed by atoms with van der Waals surface area (Å²) in [7, 11) is 3.60. The van der Waals surface area contributed by atoms with Gasteiger partial charge in [0, 0.05) is 18.3 Å². The van der Waals surface area contributed by atoms with E-state index in [4.69, 9.17) is 5.73 Å². The van der Waals surface area contributed by atoms with Crippen LogP contribution in [0, 0.1) is 17.6 Å². The molecule has 5 nitrogen and oxygen atoms in total. The highest BCUT2D eigenvalue weighted by Crippen LogP contribution is 2.18. The summed E-state index contributed by atoms with van der Waals surface area (Å²) in [6.07, 6.45) is 1.72. The summed E-state index contributed by atoms with van der Waals surface area (Å²) in [6.45, 7) is 4.20. The van der Waals surface area contributed by atoms with E-state index in [0.29, 0.717) is 6.54 Å². The molecule has 0 fully saturated rings. The van der Waals surface area contributed by atoms with Gasteiger partial charge in [0.05, 0.1) is 0 Å². The average molecular weight is 315 g/mol. The third-order valence-corrected chi connectivity index (χ3v) is 3.38. The zero-order chi connectivity index (χ0) is 17.0. The van der Waals surface area contributed by atoms with Gasteiger partial charge in [-0.1, -0.05) is 13.8 Å². The molecule has 1 heterocycles. The number of nitrogens with zero attached hydrogens (tertiary/aromatic N) is 2. The number of rotatable bonds is 7. The van der Waals surface area contributed by atoms with E-state index in [1.54, 1.807) is 14.1 Å². The summed E-state index contributed by atoms with van der Waals surface area (Å²) in [6, 6.07) is -0.985. The molecule has 22 heavy (non-hydrogen) atoms. The van der Waals surface area contributed by atoms with Gasteiger partial charge >= 0.3 is 0 Å². The van der Waals surface area contributed by atoms with E-state index in [1.165, 1.54) is 6.20 Å². The highest BCUT2D eigenvalue weighted by molar-refractivity contribution is 5.78. The van der Waals surface area contributed by atoms with E-state index in [-0.39, 0.29) is 24.3 Å². The Balaban J connectivity index is 3.33. The van der Waals surface area contributed by atoms with E-state index in [0.717, 1.165) is 4.57 Å². The van der Waals surface area contributed by atoms with Crippen molar-refractivity contribution in [2.75, 3.05) is 20.6 Å². The van der Waals surface area contributed by atoms with Crippen molar-refractivity contribution >= 4 is 5.91 Å². The minimum atomic E-state index is -1.47. The zero-order valence-electron chi connectivity index (χ0n) is 13.4. The summed E-state index contributed by atoms with van der Waals surface area (Å²) in [5.74, 6) is -3.29. The molecule has 0 aromatic carbocycles. The first kappa shape index (κ1) is 18.3. The summed E-state index contributed by atoms with van der Waals surface area (Å²) >= 11 is 0. The molecule has 1 aromatic rings. The van der Waals surface area contributed by atoms with Crippen LogP contribution in [0.4, 0.5) is 8.78 Å². The molecule has 1 rings (SSSR count). The van der Waals surface area contributed by atoms with Crippen LogP contribution in [0.15, 0.2) is 11.0 Å². The first-order valence-electron chi connectivity index (χ1n) is 7.18. The van der Waals surface area contributed by atoms with Gasteiger partial charge < -0.3 is 15.2 Å².